The standard InChI is InChI=1S/C12H22ClN3O/c1-4-10-12(13)11(16(3)15-10)9-14-7-6-8-17-5-2/h14H,4-9H2,1-3H3. The van der Waals surface area contributed by atoms with Gasteiger partial charge in [-0.05, 0) is 26.3 Å². The Labute approximate surface area is 108 Å². The number of halogens is 1. The summed E-state index contributed by atoms with van der Waals surface area (Å²) >= 11 is 6.24. The molecule has 0 unspecified atom stereocenters. The van der Waals surface area contributed by atoms with E-state index in [2.05, 4.69) is 17.3 Å². The zero-order valence-electron chi connectivity index (χ0n) is 10.9. The van der Waals surface area contributed by atoms with Gasteiger partial charge in [-0.25, -0.2) is 0 Å². The first-order valence-corrected chi connectivity index (χ1v) is 6.57. The number of nitrogens with one attached hydrogen (secondary N) is 1. The van der Waals surface area contributed by atoms with E-state index >= 15 is 0 Å². The minimum absolute atomic E-state index is 0.758. The first-order chi connectivity index (χ1) is 8.20. The first-order valence-electron chi connectivity index (χ1n) is 6.19. The molecule has 4 nitrogen and oxygen atoms in total. The number of aromatic nitrogens is 2. The van der Waals surface area contributed by atoms with E-state index < -0.39 is 0 Å². The van der Waals surface area contributed by atoms with Crippen molar-refractivity contribution in [3.8, 4) is 0 Å². The van der Waals surface area contributed by atoms with Crippen LogP contribution in [0, 0.1) is 0 Å². The van der Waals surface area contributed by atoms with Gasteiger partial charge in [0.05, 0.1) is 16.4 Å². The number of rotatable bonds is 8. The van der Waals surface area contributed by atoms with Crippen LogP contribution in [0.3, 0.4) is 0 Å². The van der Waals surface area contributed by atoms with Crippen molar-refractivity contribution in [3.05, 3.63) is 16.4 Å². The Hall–Kier alpha value is -0.580. The summed E-state index contributed by atoms with van der Waals surface area (Å²) in [6.45, 7) is 7.36. The lowest BCUT2D eigenvalue weighted by molar-refractivity contribution is 0.144. The van der Waals surface area contributed by atoms with Gasteiger partial charge in [-0.15, -0.1) is 0 Å². The van der Waals surface area contributed by atoms with Crippen molar-refractivity contribution >= 4 is 11.6 Å². The van der Waals surface area contributed by atoms with Crippen molar-refractivity contribution in [2.24, 2.45) is 7.05 Å². The Balaban J connectivity index is 2.34. The van der Waals surface area contributed by atoms with Gasteiger partial charge in [-0.3, -0.25) is 4.68 Å². The van der Waals surface area contributed by atoms with Crippen LogP contribution in [-0.4, -0.2) is 29.5 Å². The Morgan fingerprint density at radius 1 is 1.41 bits per heavy atom. The molecule has 0 aliphatic heterocycles. The van der Waals surface area contributed by atoms with Gasteiger partial charge < -0.3 is 10.1 Å². The second-order valence-electron chi connectivity index (χ2n) is 3.91. The summed E-state index contributed by atoms with van der Waals surface area (Å²) in [4.78, 5) is 0. The van der Waals surface area contributed by atoms with Crippen LogP contribution in [-0.2, 0) is 24.8 Å². The number of ether oxygens (including phenoxy) is 1. The molecule has 0 amide bonds. The van der Waals surface area contributed by atoms with Gasteiger partial charge in [0.1, 0.15) is 0 Å². The summed E-state index contributed by atoms with van der Waals surface area (Å²) in [6.07, 6.45) is 1.89. The topological polar surface area (TPSA) is 39.1 Å². The highest BCUT2D eigenvalue weighted by Gasteiger charge is 2.11. The van der Waals surface area contributed by atoms with Crippen LogP contribution < -0.4 is 5.32 Å². The zero-order valence-corrected chi connectivity index (χ0v) is 11.7. The Morgan fingerprint density at radius 2 is 2.18 bits per heavy atom. The molecule has 5 heteroatoms. The van der Waals surface area contributed by atoms with Gasteiger partial charge >= 0.3 is 0 Å². The molecule has 0 saturated heterocycles. The highest BCUT2D eigenvalue weighted by atomic mass is 35.5. The minimum atomic E-state index is 0.758. The van der Waals surface area contributed by atoms with E-state index in [0.29, 0.717) is 0 Å². The third-order valence-corrected chi connectivity index (χ3v) is 3.08. The van der Waals surface area contributed by atoms with Crippen LogP contribution in [0.5, 0.6) is 0 Å². The summed E-state index contributed by atoms with van der Waals surface area (Å²) in [5.41, 5.74) is 2.03. The predicted octanol–water partition coefficient (Wildman–Crippen LogP) is 2.15. The molecule has 0 radical (unpaired) electrons. The van der Waals surface area contributed by atoms with E-state index in [1.807, 2.05) is 18.7 Å². The van der Waals surface area contributed by atoms with Gasteiger partial charge in [0, 0.05) is 26.8 Å². The zero-order chi connectivity index (χ0) is 12.7. The van der Waals surface area contributed by atoms with Crippen LogP contribution in [0.2, 0.25) is 5.02 Å². The summed E-state index contributed by atoms with van der Waals surface area (Å²) < 4.78 is 7.13. The van der Waals surface area contributed by atoms with Gasteiger partial charge in [0.25, 0.3) is 0 Å². The molecule has 1 rings (SSSR count). The largest absolute Gasteiger partial charge is 0.382 e. The van der Waals surface area contributed by atoms with E-state index in [0.717, 1.165) is 55.6 Å². The molecular formula is C12H22ClN3O. The van der Waals surface area contributed by atoms with Crippen LogP contribution >= 0.6 is 11.6 Å². The average molecular weight is 260 g/mol. The van der Waals surface area contributed by atoms with Crippen LogP contribution in [0.15, 0.2) is 0 Å². The fourth-order valence-corrected chi connectivity index (χ4v) is 2.02. The first kappa shape index (κ1) is 14.5. The third-order valence-electron chi connectivity index (χ3n) is 2.64. The summed E-state index contributed by atoms with van der Waals surface area (Å²) in [6, 6.07) is 0. The van der Waals surface area contributed by atoms with Gasteiger partial charge in [0.2, 0.25) is 0 Å². The third kappa shape index (κ3) is 4.30. The molecule has 17 heavy (non-hydrogen) atoms. The monoisotopic (exact) mass is 259 g/mol. The molecule has 1 N–H and O–H groups in total. The van der Waals surface area contributed by atoms with E-state index in [1.165, 1.54) is 0 Å². The SMILES string of the molecule is CCOCCCNCc1c(Cl)c(CC)nn1C. The van der Waals surface area contributed by atoms with Crippen LogP contribution in [0.25, 0.3) is 0 Å². The van der Waals surface area contributed by atoms with Crippen LogP contribution in [0.4, 0.5) is 0 Å². The lowest BCUT2D eigenvalue weighted by atomic mass is 10.3. The fourth-order valence-electron chi connectivity index (χ4n) is 1.66. The molecule has 0 spiro atoms. The maximum atomic E-state index is 6.24. The average Bonchev–Trinajstić information content (AvgIpc) is 2.60. The molecule has 1 aromatic rings. The van der Waals surface area contributed by atoms with Crippen molar-refractivity contribution in [1.29, 1.82) is 0 Å². The van der Waals surface area contributed by atoms with Gasteiger partial charge in [-0.2, -0.15) is 5.10 Å². The fraction of sp³-hybridized carbons (Fsp3) is 0.750. The van der Waals surface area contributed by atoms with Gasteiger partial charge in [-0.1, -0.05) is 18.5 Å². The molecule has 0 aliphatic rings. The highest BCUT2D eigenvalue weighted by Crippen LogP contribution is 2.20. The van der Waals surface area contributed by atoms with E-state index in [-0.39, 0.29) is 0 Å². The second kappa shape index (κ2) is 7.69. The maximum absolute atomic E-state index is 6.24. The smallest absolute Gasteiger partial charge is 0.0863 e. The molecule has 0 bridgehead atoms. The molecule has 0 saturated carbocycles. The van der Waals surface area contributed by atoms with Crippen LogP contribution in [0.1, 0.15) is 31.7 Å². The molecule has 1 aromatic heterocycles. The maximum Gasteiger partial charge on any atom is 0.0863 e. The summed E-state index contributed by atoms with van der Waals surface area (Å²) in [5, 5.41) is 8.53. The van der Waals surface area contributed by atoms with Crippen molar-refractivity contribution in [2.75, 3.05) is 19.8 Å². The number of hydrogen-bond donors (Lipinski definition) is 1. The quantitative estimate of drug-likeness (QED) is 0.727. The second-order valence-corrected chi connectivity index (χ2v) is 4.29. The van der Waals surface area contributed by atoms with E-state index in [9.17, 15) is 0 Å². The predicted molar refractivity (Wildman–Crippen MR) is 70.4 cm³/mol. The number of hydrogen-bond acceptors (Lipinski definition) is 3. The highest BCUT2D eigenvalue weighted by molar-refractivity contribution is 6.31. The molecule has 1 heterocycles. The van der Waals surface area contributed by atoms with Crippen molar-refractivity contribution in [3.63, 3.8) is 0 Å². The number of nitrogens with zero attached hydrogens (tertiary/aromatic N) is 2. The molecule has 0 atom stereocenters. The van der Waals surface area contributed by atoms with E-state index in [1.54, 1.807) is 0 Å². The Kier molecular flexibility index (Phi) is 6.55. The molecule has 98 valence electrons. The van der Waals surface area contributed by atoms with Crippen molar-refractivity contribution < 1.29 is 4.74 Å². The van der Waals surface area contributed by atoms with Crippen molar-refractivity contribution in [1.82, 2.24) is 15.1 Å². The lowest BCUT2D eigenvalue weighted by Crippen LogP contribution is -2.18. The molecule has 0 fully saturated rings. The van der Waals surface area contributed by atoms with E-state index in [4.69, 9.17) is 16.3 Å². The Bertz CT molecular complexity index is 339. The minimum Gasteiger partial charge on any atom is -0.382 e. The summed E-state index contributed by atoms with van der Waals surface area (Å²) in [7, 11) is 1.93. The molecule has 0 aromatic carbocycles. The van der Waals surface area contributed by atoms with Gasteiger partial charge in [0.15, 0.2) is 0 Å². The Morgan fingerprint density at radius 3 is 2.76 bits per heavy atom. The number of aryl methyl sites for hydroxylation is 2. The van der Waals surface area contributed by atoms with Crippen molar-refractivity contribution in [2.45, 2.75) is 33.2 Å². The lowest BCUT2D eigenvalue weighted by Gasteiger charge is -2.06. The normalized spacial score (nSPS) is 11.1. The molecular weight excluding hydrogens is 238 g/mol. The molecule has 0 aliphatic carbocycles. The summed E-state index contributed by atoms with van der Waals surface area (Å²) in [5.74, 6) is 0.